The average Bonchev–Trinajstić information content (AvgIpc) is 2.71. The van der Waals surface area contributed by atoms with Gasteiger partial charge in [0.2, 0.25) is 0 Å². The van der Waals surface area contributed by atoms with Gasteiger partial charge in [-0.1, -0.05) is 22.0 Å². The normalized spacial score (nSPS) is 12.5. The molecule has 1 N–H and O–H groups in total. The first-order valence-corrected chi connectivity index (χ1v) is 8.34. The SMILES string of the molecule is CCn1nc(C)c(Br)c1COc1cc(Br)ccc1[C@H](C)O. The number of rotatable bonds is 5. The summed E-state index contributed by atoms with van der Waals surface area (Å²) in [5, 5.41) is 14.3. The molecule has 1 atom stereocenters. The first kappa shape index (κ1) is 16.5. The minimum atomic E-state index is -0.575. The number of hydrogen-bond acceptors (Lipinski definition) is 3. The second-order valence-corrected chi connectivity index (χ2v) is 6.52. The van der Waals surface area contributed by atoms with Crippen LogP contribution in [0.5, 0.6) is 5.75 Å². The van der Waals surface area contributed by atoms with Crippen molar-refractivity contribution in [3.63, 3.8) is 0 Å². The lowest BCUT2D eigenvalue weighted by atomic mass is 10.1. The molecule has 0 bridgehead atoms. The van der Waals surface area contributed by atoms with Crippen LogP contribution in [0.25, 0.3) is 0 Å². The molecule has 6 heteroatoms. The van der Waals surface area contributed by atoms with Crippen molar-refractivity contribution in [3.8, 4) is 5.75 Å². The monoisotopic (exact) mass is 416 g/mol. The molecule has 0 unspecified atom stereocenters. The Balaban J connectivity index is 2.26. The molecule has 2 aromatic rings. The maximum atomic E-state index is 9.83. The van der Waals surface area contributed by atoms with Crippen molar-refractivity contribution in [2.75, 3.05) is 0 Å². The molecule has 0 fully saturated rings. The van der Waals surface area contributed by atoms with Crippen molar-refractivity contribution in [2.24, 2.45) is 0 Å². The zero-order valence-corrected chi connectivity index (χ0v) is 15.4. The summed E-state index contributed by atoms with van der Waals surface area (Å²) in [5.74, 6) is 0.674. The van der Waals surface area contributed by atoms with Crippen LogP contribution in [0.1, 0.15) is 36.9 Å². The zero-order valence-electron chi connectivity index (χ0n) is 12.2. The van der Waals surface area contributed by atoms with Gasteiger partial charge in [0.1, 0.15) is 12.4 Å². The molecule has 1 aromatic heterocycles. The van der Waals surface area contributed by atoms with Crippen LogP contribution in [0.4, 0.5) is 0 Å². The molecule has 0 saturated heterocycles. The summed E-state index contributed by atoms with van der Waals surface area (Å²) in [5.41, 5.74) is 2.71. The molecule has 0 amide bonds. The second kappa shape index (κ2) is 6.94. The topological polar surface area (TPSA) is 47.3 Å². The highest BCUT2D eigenvalue weighted by atomic mass is 79.9. The van der Waals surface area contributed by atoms with Crippen LogP contribution < -0.4 is 4.74 Å². The molecular formula is C15H18Br2N2O2. The largest absolute Gasteiger partial charge is 0.487 e. The number of halogens is 2. The minimum Gasteiger partial charge on any atom is -0.487 e. The maximum Gasteiger partial charge on any atom is 0.131 e. The fourth-order valence-electron chi connectivity index (χ4n) is 2.13. The first-order chi connectivity index (χ1) is 9.93. The Morgan fingerprint density at radius 2 is 2.10 bits per heavy atom. The van der Waals surface area contributed by atoms with Crippen molar-refractivity contribution in [1.29, 1.82) is 0 Å². The number of aryl methyl sites for hydroxylation is 2. The summed E-state index contributed by atoms with van der Waals surface area (Å²) < 4.78 is 9.73. The molecule has 0 aliphatic rings. The first-order valence-electron chi connectivity index (χ1n) is 6.76. The summed E-state index contributed by atoms with van der Waals surface area (Å²) >= 11 is 6.99. The standard InChI is InChI=1S/C15H18Br2N2O2/c1-4-19-13(15(17)9(2)18-19)8-21-14-7-11(16)5-6-12(14)10(3)20/h5-7,10,20H,4,8H2,1-3H3/t10-/m0/s1. The van der Waals surface area contributed by atoms with Gasteiger partial charge in [-0.05, 0) is 48.8 Å². The van der Waals surface area contributed by atoms with Gasteiger partial charge in [-0.2, -0.15) is 5.10 Å². The van der Waals surface area contributed by atoms with Crippen LogP contribution in [0.15, 0.2) is 27.1 Å². The summed E-state index contributed by atoms with van der Waals surface area (Å²) in [6.07, 6.45) is -0.575. The van der Waals surface area contributed by atoms with E-state index in [1.807, 2.05) is 36.7 Å². The molecule has 0 aliphatic carbocycles. The van der Waals surface area contributed by atoms with Gasteiger partial charge in [-0.3, -0.25) is 4.68 Å². The van der Waals surface area contributed by atoms with Crippen LogP contribution in [0, 0.1) is 6.92 Å². The van der Waals surface area contributed by atoms with E-state index in [1.54, 1.807) is 6.92 Å². The van der Waals surface area contributed by atoms with E-state index in [0.717, 1.165) is 32.4 Å². The van der Waals surface area contributed by atoms with E-state index in [9.17, 15) is 5.11 Å². The van der Waals surface area contributed by atoms with Crippen molar-refractivity contribution >= 4 is 31.9 Å². The summed E-state index contributed by atoms with van der Waals surface area (Å²) in [4.78, 5) is 0. The third-order valence-electron chi connectivity index (χ3n) is 3.24. The second-order valence-electron chi connectivity index (χ2n) is 4.81. The van der Waals surface area contributed by atoms with Gasteiger partial charge in [0.05, 0.1) is 22.0 Å². The number of nitrogens with zero attached hydrogens (tertiary/aromatic N) is 2. The van der Waals surface area contributed by atoms with E-state index in [1.165, 1.54) is 0 Å². The molecule has 4 nitrogen and oxygen atoms in total. The molecule has 0 aliphatic heterocycles. The van der Waals surface area contributed by atoms with Gasteiger partial charge in [-0.15, -0.1) is 0 Å². The van der Waals surface area contributed by atoms with E-state index >= 15 is 0 Å². The van der Waals surface area contributed by atoms with Crippen LogP contribution in [0.2, 0.25) is 0 Å². The highest BCUT2D eigenvalue weighted by molar-refractivity contribution is 9.10. The lowest BCUT2D eigenvalue weighted by molar-refractivity contribution is 0.189. The number of aromatic nitrogens is 2. The van der Waals surface area contributed by atoms with Gasteiger partial charge < -0.3 is 9.84 Å². The van der Waals surface area contributed by atoms with Crippen LogP contribution in [0.3, 0.4) is 0 Å². The van der Waals surface area contributed by atoms with Crippen LogP contribution >= 0.6 is 31.9 Å². The molecule has 114 valence electrons. The van der Waals surface area contributed by atoms with Crippen LogP contribution in [-0.2, 0) is 13.2 Å². The summed E-state index contributed by atoms with van der Waals surface area (Å²) in [6.45, 7) is 6.91. The third-order valence-corrected chi connectivity index (χ3v) is 4.77. The van der Waals surface area contributed by atoms with E-state index in [2.05, 4.69) is 37.0 Å². The Hall–Kier alpha value is -0.850. The average molecular weight is 418 g/mol. The quantitative estimate of drug-likeness (QED) is 0.785. The Kier molecular flexibility index (Phi) is 5.46. The summed E-state index contributed by atoms with van der Waals surface area (Å²) in [7, 11) is 0. The number of ether oxygens (including phenoxy) is 1. The molecule has 1 heterocycles. The fourth-order valence-corrected chi connectivity index (χ4v) is 2.87. The number of aliphatic hydroxyl groups is 1. The number of hydrogen-bond donors (Lipinski definition) is 1. The van der Waals surface area contributed by atoms with Crippen molar-refractivity contribution in [2.45, 2.75) is 40.0 Å². The zero-order chi connectivity index (χ0) is 15.6. The van der Waals surface area contributed by atoms with Gasteiger partial charge in [0.15, 0.2) is 0 Å². The maximum absolute atomic E-state index is 9.83. The van der Waals surface area contributed by atoms with Crippen LogP contribution in [-0.4, -0.2) is 14.9 Å². The number of benzene rings is 1. The van der Waals surface area contributed by atoms with Gasteiger partial charge >= 0.3 is 0 Å². The minimum absolute atomic E-state index is 0.394. The van der Waals surface area contributed by atoms with Gasteiger partial charge in [-0.25, -0.2) is 0 Å². The third kappa shape index (κ3) is 3.67. The smallest absolute Gasteiger partial charge is 0.131 e. The molecule has 0 radical (unpaired) electrons. The van der Waals surface area contributed by atoms with Gasteiger partial charge in [0.25, 0.3) is 0 Å². The Bertz CT molecular complexity index is 639. The van der Waals surface area contributed by atoms with Crippen molar-refractivity contribution in [3.05, 3.63) is 44.1 Å². The van der Waals surface area contributed by atoms with E-state index < -0.39 is 6.10 Å². The predicted octanol–water partition coefficient (Wildman–Crippen LogP) is 4.37. The molecule has 0 saturated carbocycles. The molecule has 0 spiro atoms. The highest BCUT2D eigenvalue weighted by Crippen LogP contribution is 2.30. The molecule has 1 aromatic carbocycles. The summed E-state index contributed by atoms with van der Waals surface area (Å²) in [6, 6.07) is 5.63. The fraction of sp³-hybridized carbons (Fsp3) is 0.400. The van der Waals surface area contributed by atoms with Crippen molar-refractivity contribution in [1.82, 2.24) is 9.78 Å². The Morgan fingerprint density at radius 1 is 1.38 bits per heavy atom. The molecular weight excluding hydrogens is 400 g/mol. The van der Waals surface area contributed by atoms with E-state index in [-0.39, 0.29) is 0 Å². The van der Waals surface area contributed by atoms with Gasteiger partial charge in [0, 0.05) is 16.6 Å². The Labute approximate surface area is 141 Å². The molecule has 21 heavy (non-hydrogen) atoms. The van der Waals surface area contributed by atoms with E-state index in [4.69, 9.17) is 4.74 Å². The lowest BCUT2D eigenvalue weighted by Crippen LogP contribution is -2.08. The van der Waals surface area contributed by atoms with Crippen molar-refractivity contribution < 1.29 is 9.84 Å². The molecule has 2 rings (SSSR count). The lowest BCUT2D eigenvalue weighted by Gasteiger charge is -2.14. The Morgan fingerprint density at radius 3 is 2.71 bits per heavy atom. The van der Waals surface area contributed by atoms with E-state index in [0.29, 0.717) is 12.4 Å². The number of aliphatic hydroxyl groups excluding tert-OH is 1. The predicted molar refractivity (Wildman–Crippen MR) is 89.4 cm³/mol. The highest BCUT2D eigenvalue weighted by Gasteiger charge is 2.15.